The molecule has 0 aliphatic carbocycles. The summed E-state index contributed by atoms with van der Waals surface area (Å²) < 4.78 is 8.22. The van der Waals surface area contributed by atoms with Crippen molar-refractivity contribution in [2.24, 2.45) is 0 Å². The number of aryl methyl sites for hydroxylation is 2. The molecule has 4 heterocycles. The zero-order valence-corrected chi connectivity index (χ0v) is 25.8. The second kappa shape index (κ2) is 10.6. The number of fused-ring (bicyclic) bond motifs is 5. The van der Waals surface area contributed by atoms with Crippen molar-refractivity contribution in [1.82, 2.24) is 24.4 Å². The standard InChI is InChI=1S/C32H35N6O3P/c1-7-24(39)36-11-12-37(19(5)14-36)31-22-13-18(4)25-26-21(9-8-10-23(26)42)15-41-30(25)29(22)38(32(40)35-31)28-20(6)33-16-34-27(28)17(2)3/h7-10,13,16-17,19H,1,11-12,14-15,42H2,2-6H3/t19-/m0/s1. The van der Waals surface area contributed by atoms with Crippen molar-refractivity contribution in [2.45, 2.75) is 53.2 Å². The first-order valence-electron chi connectivity index (χ1n) is 14.2. The molecule has 1 unspecified atom stereocenters. The van der Waals surface area contributed by atoms with E-state index in [0.717, 1.165) is 38.6 Å². The third kappa shape index (κ3) is 4.38. The molecule has 0 spiro atoms. The van der Waals surface area contributed by atoms with Crippen LogP contribution in [0.4, 0.5) is 5.82 Å². The van der Waals surface area contributed by atoms with Crippen molar-refractivity contribution >= 4 is 37.2 Å². The molecule has 9 nitrogen and oxygen atoms in total. The highest BCUT2D eigenvalue weighted by atomic mass is 31.0. The molecule has 2 aliphatic heterocycles. The maximum absolute atomic E-state index is 14.3. The monoisotopic (exact) mass is 582 g/mol. The van der Waals surface area contributed by atoms with Crippen molar-refractivity contribution in [2.75, 3.05) is 24.5 Å². The molecule has 216 valence electrons. The molecule has 6 rings (SSSR count). The van der Waals surface area contributed by atoms with Crippen molar-refractivity contribution in [3.8, 4) is 22.6 Å². The molecule has 10 heteroatoms. The fourth-order valence-corrected chi connectivity index (χ4v) is 6.76. The lowest BCUT2D eigenvalue weighted by Crippen LogP contribution is -2.54. The van der Waals surface area contributed by atoms with Gasteiger partial charge in [0, 0.05) is 36.6 Å². The molecule has 0 saturated carbocycles. The average Bonchev–Trinajstić information content (AvgIpc) is 2.97. The minimum atomic E-state index is -0.422. The summed E-state index contributed by atoms with van der Waals surface area (Å²) >= 11 is 0. The number of piperazine rings is 1. The number of rotatable bonds is 4. The lowest BCUT2D eigenvalue weighted by Gasteiger charge is -2.40. The maximum Gasteiger partial charge on any atom is 0.354 e. The van der Waals surface area contributed by atoms with Gasteiger partial charge in [-0.1, -0.05) is 38.6 Å². The van der Waals surface area contributed by atoms with E-state index in [1.54, 1.807) is 15.8 Å². The van der Waals surface area contributed by atoms with Gasteiger partial charge in [-0.2, -0.15) is 4.98 Å². The van der Waals surface area contributed by atoms with E-state index in [1.165, 1.54) is 6.08 Å². The van der Waals surface area contributed by atoms with Crippen LogP contribution in [0, 0.1) is 13.8 Å². The molecule has 1 fully saturated rings. The average molecular weight is 583 g/mol. The number of hydrogen-bond donors (Lipinski definition) is 0. The van der Waals surface area contributed by atoms with Crippen molar-refractivity contribution in [3.05, 3.63) is 76.2 Å². The van der Waals surface area contributed by atoms with E-state index in [4.69, 9.17) is 9.72 Å². The van der Waals surface area contributed by atoms with Gasteiger partial charge < -0.3 is 14.5 Å². The third-order valence-corrected chi connectivity index (χ3v) is 8.79. The summed E-state index contributed by atoms with van der Waals surface area (Å²) in [5.74, 6) is 1.19. The summed E-state index contributed by atoms with van der Waals surface area (Å²) in [4.78, 5) is 44.4. The molecule has 2 atom stereocenters. The molecule has 0 N–H and O–H groups in total. The van der Waals surface area contributed by atoms with E-state index in [0.29, 0.717) is 54.7 Å². The Labute approximate surface area is 247 Å². The van der Waals surface area contributed by atoms with E-state index >= 15 is 0 Å². The largest absolute Gasteiger partial charge is 0.486 e. The van der Waals surface area contributed by atoms with E-state index < -0.39 is 5.69 Å². The summed E-state index contributed by atoms with van der Waals surface area (Å²) in [5, 5.41) is 1.88. The van der Waals surface area contributed by atoms with Gasteiger partial charge in [-0.15, -0.1) is 9.24 Å². The Morgan fingerprint density at radius 3 is 2.69 bits per heavy atom. The number of nitrogens with zero attached hydrogens (tertiary/aromatic N) is 6. The van der Waals surface area contributed by atoms with Crippen LogP contribution < -0.4 is 20.6 Å². The minimum Gasteiger partial charge on any atom is -0.486 e. The fourth-order valence-electron chi connectivity index (χ4n) is 6.32. The Morgan fingerprint density at radius 1 is 1.19 bits per heavy atom. The summed E-state index contributed by atoms with van der Waals surface area (Å²) in [7, 11) is 2.85. The molecule has 1 amide bonds. The number of carbonyl (C=O) groups excluding carboxylic acids is 1. The topological polar surface area (TPSA) is 93.5 Å². The Bertz CT molecular complexity index is 1830. The van der Waals surface area contributed by atoms with Gasteiger partial charge >= 0.3 is 5.69 Å². The Hall–Kier alpha value is -4.10. The summed E-state index contributed by atoms with van der Waals surface area (Å²) in [6, 6.07) is 8.23. The number of benzene rings is 2. The maximum atomic E-state index is 14.3. The SMILES string of the molecule is C=CC(=O)N1CCN(c2nc(=O)n(-c3c(C)ncnc3C(C)C)c3c4c(c(C)cc23)-c2c(P)cccc2CO4)[C@@H](C)C1. The molecular weight excluding hydrogens is 547 g/mol. The van der Waals surface area contributed by atoms with Crippen LogP contribution in [0.5, 0.6) is 5.75 Å². The van der Waals surface area contributed by atoms with E-state index in [2.05, 4.69) is 69.7 Å². The molecule has 0 bridgehead atoms. The van der Waals surface area contributed by atoms with Gasteiger partial charge in [-0.05, 0) is 60.8 Å². The number of anilines is 1. The Balaban J connectivity index is 1.70. The van der Waals surface area contributed by atoms with Crippen molar-refractivity contribution in [3.63, 3.8) is 0 Å². The van der Waals surface area contributed by atoms with Crippen molar-refractivity contribution < 1.29 is 9.53 Å². The molecule has 2 aliphatic rings. The first-order chi connectivity index (χ1) is 20.1. The third-order valence-electron chi connectivity index (χ3n) is 8.30. The fraction of sp³-hybridized carbons (Fsp3) is 0.344. The Kier molecular flexibility index (Phi) is 7.09. The molecule has 42 heavy (non-hydrogen) atoms. The highest BCUT2D eigenvalue weighted by molar-refractivity contribution is 7.28. The summed E-state index contributed by atoms with van der Waals surface area (Å²) in [5.41, 5.74) is 6.52. The second-order valence-corrected chi connectivity index (χ2v) is 12.0. The van der Waals surface area contributed by atoms with E-state index in [-0.39, 0.29) is 17.9 Å². The van der Waals surface area contributed by atoms with Gasteiger partial charge in [0.2, 0.25) is 5.91 Å². The number of hydrogen-bond acceptors (Lipinski definition) is 7. The van der Waals surface area contributed by atoms with E-state index in [9.17, 15) is 9.59 Å². The Morgan fingerprint density at radius 2 is 1.98 bits per heavy atom. The van der Waals surface area contributed by atoms with Crippen LogP contribution >= 0.6 is 9.24 Å². The highest BCUT2D eigenvalue weighted by Crippen LogP contribution is 2.46. The van der Waals surface area contributed by atoms with Crippen LogP contribution in [0.15, 0.2) is 48.0 Å². The predicted octanol–water partition coefficient (Wildman–Crippen LogP) is 4.20. The van der Waals surface area contributed by atoms with Gasteiger partial charge in [0.05, 0.1) is 17.1 Å². The summed E-state index contributed by atoms with van der Waals surface area (Å²) in [6.45, 7) is 15.7. The minimum absolute atomic E-state index is 0.0420. The zero-order valence-electron chi connectivity index (χ0n) is 24.6. The van der Waals surface area contributed by atoms with Gasteiger partial charge in [0.25, 0.3) is 0 Å². The van der Waals surface area contributed by atoms with Crippen LogP contribution in [0.1, 0.15) is 49.2 Å². The quantitative estimate of drug-likeness (QED) is 0.263. The van der Waals surface area contributed by atoms with E-state index in [1.807, 2.05) is 19.9 Å². The van der Waals surface area contributed by atoms with Crippen LogP contribution in [-0.2, 0) is 11.4 Å². The number of carbonyl (C=O) groups is 1. The van der Waals surface area contributed by atoms with Gasteiger partial charge in [-0.25, -0.2) is 14.8 Å². The first kappa shape index (κ1) is 28.0. The molecular formula is C32H35N6O3P. The zero-order chi connectivity index (χ0) is 29.9. The smallest absolute Gasteiger partial charge is 0.354 e. The van der Waals surface area contributed by atoms with Crippen LogP contribution in [-0.4, -0.2) is 56.0 Å². The predicted molar refractivity (Wildman–Crippen MR) is 169 cm³/mol. The summed E-state index contributed by atoms with van der Waals surface area (Å²) in [6.07, 6.45) is 2.89. The lowest BCUT2D eigenvalue weighted by molar-refractivity contribution is -0.126. The molecule has 2 aromatic heterocycles. The normalized spacial score (nSPS) is 16.3. The lowest BCUT2D eigenvalue weighted by atomic mass is 9.91. The number of amides is 1. The molecule has 1 saturated heterocycles. The van der Waals surface area contributed by atoms with Crippen LogP contribution in [0.3, 0.4) is 0 Å². The van der Waals surface area contributed by atoms with Gasteiger partial charge in [-0.3, -0.25) is 9.36 Å². The molecule has 4 aromatic rings. The van der Waals surface area contributed by atoms with Crippen molar-refractivity contribution in [1.29, 1.82) is 0 Å². The van der Waals surface area contributed by atoms with Gasteiger partial charge in [0.15, 0.2) is 5.75 Å². The second-order valence-electron chi connectivity index (χ2n) is 11.4. The molecule has 0 radical (unpaired) electrons. The van der Waals surface area contributed by atoms with Crippen LogP contribution in [0.2, 0.25) is 0 Å². The highest BCUT2D eigenvalue weighted by Gasteiger charge is 2.33. The number of aromatic nitrogens is 4. The number of ether oxygens (including phenoxy) is 1. The van der Waals surface area contributed by atoms with Gasteiger partial charge in [0.1, 0.15) is 24.3 Å². The van der Waals surface area contributed by atoms with Crippen LogP contribution in [0.25, 0.3) is 27.7 Å². The molecule has 2 aromatic carbocycles. The first-order valence-corrected chi connectivity index (χ1v) is 14.8.